The molecule has 0 aromatic carbocycles. The van der Waals surface area contributed by atoms with E-state index in [1.165, 1.54) is 36.1 Å². The Morgan fingerprint density at radius 2 is 2.00 bits per heavy atom. The lowest BCUT2D eigenvalue weighted by Crippen LogP contribution is -2.32. The zero-order chi connectivity index (χ0) is 15.2. The highest BCUT2D eigenvalue weighted by atomic mass is 32.1. The van der Waals surface area contributed by atoms with Gasteiger partial charge in [-0.1, -0.05) is 19.8 Å². The van der Waals surface area contributed by atoms with Crippen LogP contribution in [0.4, 0.5) is 0 Å². The fraction of sp³-hybridized carbons (Fsp3) is 0.625. The van der Waals surface area contributed by atoms with Crippen LogP contribution < -0.4 is 5.32 Å². The normalized spacial score (nSPS) is 16.4. The van der Waals surface area contributed by atoms with Crippen LogP contribution in [-0.2, 0) is 17.6 Å². The summed E-state index contributed by atoms with van der Waals surface area (Å²) in [6, 6.07) is 2.00. The van der Waals surface area contributed by atoms with Gasteiger partial charge in [-0.15, -0.1) is 11.3 Å². The van der Waals surface area contributed by atoms with Gasteiger partial charge < -0.3 is 10.4 Å². The highest BCUT2D eigenvalue weighted by molar-refractivity contribution is 7.14. The quantitative estimate of drug-likeness (QED) is 0.877. The van der Waals surface area contributed by atoms with Crippen LogP contribution in [0.15, 0.2) is 6.07 Å². The zero-order valence-electron chi connectivity index (χ0n) is 12.5. The minimum atomic E-state index is -0.851. The minimum Gasteiger partial charge on any atom is -0.481 e. The topological polar surface area (TPSA) is 66.4 Å². The van der Waals surface area contributed by atoms with Crippen LogP contribution in [0.3, 0.4) is 0 Å². The van der Waals surface area contributed by atoms with Gasteiger partial charge in [0.2, 0.25) is 0 Å². The molecule has 0 saturated carbocycles. The van der Waals surface area contributed by atoms with Gasteiger partial charge in [0.1, 0.15) is 0 Å². The summed E-state index contributed by atoms with van der Waals surface area (Å²) in [5, 5.41) is 11.8. The van der Waals surface area contributed by atoms with E-state index in [2.05, 4.69) is 5.32 Å². The summed E-state index contributed by atoms with van der Waals surface area (Å²) < 4.78 is 0. The number of aryl methyl sites for hydroxylation is 2. The van der Waals surface area contributed by atoms with E-state index < -0.39 is 11.9 Å². The molecule has 4 nitrogen and oxygen atoms in total. The van der Waals surface area contributed by atoms with Gasteiger partial charge in [0.25, 0.3) is 5.91 Å². The van der Waals surface area contributed by atoms with Crippen molar-refractivity contribution < 1.29 is 14.7 Å². The second-order valence-electron chi connectivity index (χ2n) is 5.63. The first-order chi connectivity index (χ1) is 10.1. The summed E-state index contributed by atoms with van der Waals surface area (Å²) in [7, 11) is 0. The molecule has 1 amide bonds. The first-order valence-electron chi connectivity index (χ1n) is 7.74. The van der Waals surface area contributed by atoms with Crippen molar-refractivity contribution >= 4 is 23.2 Å². The van der Waals surface area contributed by atoms with E-state index in [-0.39, 0.29) is 12.5 Å². The van der Waals surface area contributed by atoms with E-state index in [9.17, 15) is 9.59 Å². The summed E-state index contributed by atoms with van der Waals surface area (Å²) in [5.41, 5.74) is 1.31. The van der Waals surface area contributed by atoms with Gasteiger partial charge >= 0.3 is 5.97 Å². The average Bonchev–Trinajstić information content (AvgIpc) is 2.81. The lowest BCUT2D eigenvalue weighted by atomic mass is 10.00. The third-order valence-electron chi connectivity index (χ3n) is 4.07. The highest BCUT2D eigenvalue weighted by Crippen LogP contribution is 2.28. The van der Waals surface area contributed by atoms with E-state index in [4.69, 9.17) is 5.11 Å². The van der Waals surface area contributed by atoms with Crippen molar-refractivity contribution in [2.24, 2.45) is 5.92 Å². The molecule has 0 bridgehead atoms. The van der Waals surface area contributed by atoms with Crippen LogP contribution in [0.1, 0.15) is 59.1 Å². The number of carboxylic acids is 1. The van der Waals surface area contributed by atoms with Crippen LogP contribution in [0, 0.1) is 5.92 Å². The molecular formula is C16H23NO3S. The maximum Gasteiger partial charge on any atom is 0.308 e. The van der Waals surface area contributed by atoms with Crippen LogP contribution in [0.2, 0.25) is 0 Å². The Morgan fingerprint density at radius 3 is 2.67 bits per heavy atom. The van der Waals surface area contributed by atoms with Gasteiger partial charge in [0.15, 0.2) is 0 Å². The summed E-state index contributed by atoms with van der Waals surface area (Å²) >= 11 is 1.57. The molecule has 0 saturated heterocycles. The number of thiophene rings is 1. The van der Waals surface area contributed by atoms with Gasteiger partial charge in [-0.25, -0.2) is 0 Å². The SMILES string of the molecule is CCC(CNC(=O)c1cc2c(s1)CCCCCC2)C(=O)O. The molecule has 0 radical (unpaired) electrons. The summed E-state index contributed by atoms with van der Waals surface area (Å²) in [5.74, 6) is -1.49. The number of fused-ring (bicyclic) bond motifs is 1. The van der Waals surface area contributed by atoms with Crippen molar-refractivity contribution in [2.45, 2.75) is 51.9 Å². The predicted octanol–water partition coefficient (Wildman–Crippen LogP) is 3.25. The molecular weight excluding hydrogens is 286 g/mol. The second-order valence-corrected chi connectivity index (χ2v) is 6.76. The number of carbonyl (C=O) groups excluding carboxylic acids is 1. The Labute approximate surface area is 129 Å². The van der Waals surface area contributed by atoms with Gasteiger partial charge in [-0.2, -0.15) is 0 Å². The van der Waals surface area contributed by atoms with E-state index in [1.807, 2.05) is 13.0 Å². The van der Waals surface area contributed by atoms with Crippen molar-refractivity contribution in [3.8, 4) is 0 Å². The van der Waals surface area contributed by atoms with Crippen molar-refractivity contribution in [1.29, 1.82) is 0 Å². The van der Waals surface area contributed by atoms with Crippen LogP contribution in [0.5, 0.6) is 0 Å². The number of carboxylic acid groups (broad SMARTS) is 1. The summed E-state index contributed by atoms with van der Waals surface area (Å²) in [4.78, 5) is 25.2. The minimum absolute atomic E-state index is 0.133. The molecule has 1 aliphatic carbocycles. The Hall–Kier alpha value is -1.36. The fourth-order valence-corrected chi connectivity index (χ4v) is 3.84. The van der Waals surface area contributed by atoms with Gasteiger partial charge in [-0.3, -0.25) is 9.59 Å². The number of amides is 1. The van der Waals surface area contributed by atoms with Gasteiger partial charge in [-0.05, 0) is 43.7 Å². The Bertz CT molecular complexity index is 484. The summed E-state index contributed by atoms with van der Waals surface area (Å²) in [6.45, 7) is 2.02. The number of nitrogens with one attached hydrogen (secondary N) is 1. The molecule has 2 rings (SSSR count). The van der Waals surface area contributed by atoms with E-state index in [0.717, 1.165) is 17.7 Å². The largest absolute Gasteiger partial charge is 0.481 e. The predicted molar refractivity (Wildman–Crippen MR) is 83.9 cm³/mol. The smallest absolute Gasteiger partial charge is 0.308 e. The highest BCUT2D eigenvalue weighted by Gasteiger charge is 2.19. The molecule has 0 spiro atoms. The number of rotatable bonds is 5. The van der Waals surface area contributed by atoms with Gasteiger partial charge in [0.05, 0.1) is 10.8 Å². The monoisotopic (exact) mass is 309 g/mol. The summed E-state index contributed by atoms with van der Waals surface area (Å²) in [6.07, 6.45) is 7.60. The zero-order valence-corrected chi connectivity index (χ0v) is 13.3. The Morgan fingerprint density at radius 1 is 1.29 bits per heavy atom. The molecule has 1 aliphatic rings. The van der Waals surface area contributed by atoms with Crippen molar-refractivity contribution in [2.75, 3.05) is 6.54 Å². The van der Waals surface area contributed by atoms with Crippen LogP contribution in [-0.4, -0.2) is 23.5 Å². The van der Waals surface area contributed by atoms with E-state index in [0.29, 0.717) is 6.42 Å². The molecule has 1 heterocycles. The lowest BCUT2D eigenvalue weighted by Gasteiger charge is -2.10. The molecule has 0 aliphatic heterocycles. The standard InChI is InChI=1S/C16H23NO3S/c1-2-11(16(19)20)10-17-15(18)14-9-12-7-5-3-4-6-8-13(12)21-14/h9,11H,2-8,10H2,1H3,(H,17,18)(H,19,20). The van der Waals surface area contributed by atoms with E-state index in [1.54, 1.807) is 11.3 Å². The molecule has 2 N–H and O–H groups in total. The molecule has 1 aromatic rings. The molecule has 116 valence electrons. The molecule has 21 heavy (non-hydrogen) atoms. The maximum absolute atomic E-state index is 12.2. The molecule has 1 aromatic heterocycles. The number of aliphatic carboxylic acids is 1. The molecule has 0 fully saturated rings. The van der Waals surface area contributed by atoms with Crippen LogP contribution >= 0.6 is 11.3 Å². The first kappa shape index (κ1) is 16.0. The second kappa shape index (κ2) is 7.59. The molecule has 5 heteroatoms. The first-order valence-corrected chi connectivity index (χ1v) is 8.56. The van der Waals surface area contributed by atoms with Crippen molar-refractivity contribution in [3.63, 3.8) is 0 Å². The maximum atomic E-state index is 12.2. The lowest BCUT2D eigenvalue weighted by molar-refractivity contribution is -0.141. The third-order valence-corrected chi connectivity index (χ3v) is 5.31. The Balaban J connectivity index is 1.99. The fourth-order valence-electron chi connectivity index (χ4n) is 2.67. The molecule has 1 unspecified atom stereocenters. The van der Waals surface area contributed by atoms with Crippen molar-refractivity contribution in [3.05, 3.63) is 21.4 Å². The Kier molecular flexibility index (Phi) is 5.79. The van der Waals surface area contributed by atoms with Crippen LogP contribution in [0.25, 0.3) is 0 Å². The number of hydrogen-bond acceptors (Lipinski definition) is 3. The van der Waals surface area contributed by atoms with E-state index >= 15 is 0 Å². The third kappa shape index (κ3) is 4.30. The number of hydrogen-bond donors (Lipinski definition) is 2. The molecule has 1 atom stereocenters. The van der Waals surface area contributed by atoms with Crippen molar-refractivity contribution in [1.82, 2.24) is 5.32 Å². The average molecular weight is 309 g/mol. The number of carbonyl (C=O) groups is 2. The van der Waals surface area contributed by atoms with Gasteiger partial charge in [0, 0.05) is 11.4 Å².